The van der Waals surface area contributed by atoms with Crippen LogP contribution in [0.25, 0.3) is 0 Å². The second-order valence-corrected chi connectivity index (χ2v) is 2.54. The summed E-state index contributed by atoms with van der Waals surface area (Å²) < 4.78 is 0. The third-order valence-electron chi connectivity index (χ3n) is 1.36. The number of urea groups is 1. The Labute approximate surface area is 75.6 Å². The van der Waals surface area contributed by atoms with E-state index in [4.69, 9.17) is 11.6 Å². The third-order valence-corrected chi connectivity index (χ3v) is 1.49. The van der Waals surface area contributed by atoms with Gasteiger partial charge < -0.3 is 10.6 Å². The van der Waals surface area contributed by atoms with Gasteiger partial charge in [-0.25, -0.2) is 4.79 Å². The lowest BCUT2D eigenvalue weighted by Crippen LogP contribution is -2.47. The van der Waals surface area contributed by atoms with E-state index in [1.165, 1.54) is 0 Å². The van der Waals surface area contributed by atoms with Gasteiger partial charge in [0.25, 0.3) is 0 Å². The van der Waals surface area contributed by atoms with Gasteiger partial charge in [-0.3, -0.25) is 10.3 Å². The van der Waals surface area contributed by atoms with Gasteiger partial charge in [0.2, 0.25) is 0 Å². The molecule has 0 saturated heterocycles. The van der Waals surface area contributed by atoms with Crippen molar-refractivity contribution in [1.82, 2.24) is 16.0 Å². The van der Waals surface area contributed by atoms with Crippen LogP contribution in [0.1, 0.15) is 6.42 Å². The van der Waals surface area contributed by atoms with E-state index < -0.39 is 0 Å². The second-order valence-electron chi connectivity index (χ2n) is 2.28. The van der Waals surface area contributed by atoms with Crippen LogP contribution in [0.4, 0.5) is 4.79 Å². The van der Waals surface area contributed by atoms with E-state index in [0.29, 0.717) is 5.96 Å². The zero-order valence-electron chi connectivity index (χ0n) is 6.56. The maximum absolute atomic E-state index is 10.9. The number of aliphatic imine (C=N–C) groups is 1. The zero-order valence-corrected chi connectivity index (χ0v) is 7.32. The lowest BCUT2D eigenvalue weighted by molar-refractivity contribution is 0.246. The molecule has 0 unspecified atom stereocenters. The van der Waals surface area contributed by atoms with Crippen LogP contribution in [0.3, 0.4) is 0 Å². The van der Waals surface area contributed by atoms with Crippen LogP contribution in [-0.2, 0) is 0 Å². The summed E-state index contributed by atoms with van der Waals surface area (Å²) in [5.74, 6) is 0.517. The van der Waals surface area contributed by atoms with Crippen LogP contribution in [0.2, 0.25) is 0 Å². The van der Waals surface area contributed by atoms with Gasteiger partial charge in [-0.2, -0.15) is 0 Å². The van der Waals surface area contributed by atoms with Crippen molar-refractivity contribution >= 4 is 23.6 Å². The van der Waals surface area contributed by atoms with E-state index in [1.54, 1.807) is 0 Å². The van der Waals surface area contributed by atoms with E-state index in [-0.39, 0.29) is 12.0 Å². The number of hydrogen-bond acceptors (Lipinski definition) is 3. The average molecular weight is 191 g/mol. The maximum Gasteiger partial charge on any atom is 0.322 e. The summed E-state index contributed by atoms with van der Waals surface area (Å²) in [5, 5.41) is 7.85. The van der Waals surface area contributed by atoms with Crippen molar-refractivity contribution in [1.29, 1.82) is 0 Å². The number of nitrogens with zero attached hydrogens (tertiary/aromatic N) is 1. The molecule has 0 fully saturated rings. The summed E-state index contributed by atoms with van der Waals surface area (Å²) >= 11 is 5.28. The van der Waals surface area contributed by atoms with Crippen LogP contribution >= 0.6 is 11.6 Å². The molecule has 6 heteroatoms. The Morgan fingerprint density at radius 1 is 1.75 bits per heavy atom. The third kappa shape index (κ3) is 2.96. The van der Waals surface area contributed by atoms with Crippen LogP contribution in [0.15, 0.2) is 4.99 Å². The summed E-state index contributed by atoms with van der Waals surface area (Å²) in [6.45, 7) is 1.60. The van der Waals surface area contributed by atoms with E-state index in [2.05, 4.69) is 20.9 Å². The lowest BCUT2D eigenvalue weighted by atomic mass is 10.4. The highest BCUT2D eigenvalue weighted by molar-refractivity contribution is 6.18. The Morgan fingerprint density at radius 2 is 2.58 bits per heavy atom. The molecule has 68 valence electrons. The Bertz CT molecular complexity index is 194. The fourth-order valence-electron chi connectivity index (χ4n) is 0.829. The van der Waals surface area contributed by atoms with Crippen molar-refractivity contribution in [3.8, 4) is 0 Å². The molecule has 0 saturated carbocycles. The number of guanidine groups is 1. The normalized spacial score (nSPS) is 15.9. The first-order chi connectivity index (χ1) is 5.83. The molecular formula is C6H11ClN4O. The van der Waals surface area contributed by atoms with Crippen molar-refractivity contribution in [3.05, 3.63) is 0 Å². The van der Waals surface area contributed by atoms with Crippen molar-refractivity contribution in [2.45, 2.75) is 6.42 Å². The number of halogens is 1. The zero-order chi connectivity index (χ0) is 8.81. The number of nitrogens with one attached hydrogen (secondary N) is 3. The van der Waals surface area contributed by atoms with Gasteiger partial charge in [-0.05, 0) is 6.42 Å². The summed E-state index contributed by atoms with van der Waals surface area (Å²) in [6.07, 6.45) is 1.00. The minimum absolute atomic E-state index is 0.0963. The summed E-state index contributed by atoms with van der Waals surface area (Å²) in [7, 11) is 0. The number of carbonyl (C=O) groups is 1. The van der Waals surface area contributed by atoms with E-state index >= 15 is 0 Å². The highest BCUT2D eigenvalue weighted by atomic mass is 35.5. The van der Waals surface area contributed by atoms with E-state index in [1.807, 2.05) is 0 Å². The maximum atomic E-state index is 10.9. The van der Waals surface area contributed by atoms with Gasteiger partial charge >= 0.3 is 6.03 Å². The van der Waals surface area contributed by atoms with Gasteiger partial charge in [0.05, 0.1) is 6.00 Å². The van der Waals surface area contributed by atoms with Crippen molar-refractivity contribution in [3.63, 3.8) is 0 Å². The van der Waals surface area contributed by atoms with Crippen molar-refractivity contribution in [2.24, 2.45) is 4.99 Å². The predicted molar refractivity (Wildman–Crippen MR) is 47.3 cm³/mol. The summed E-state index contributed by atoms with van der Waals surface area (Å²) in [5.41, 5.74) is 0. The van der Waals surface area contributed by atoms with Gasteiger partial charge in [0.15, 0.2) is 5.96 Å². The number of hydrogen-bond donors (Lipinski definition) is 3. The minimum atomic E-state index is -0.335. The fourth-order valence-corrected chi connectivity index (χ4v) is 0.950. The molecule has 0 aromatic rings. The molecule has 0 bridgehead atoms. The molecular weight excluding hydrogens is 180 g/mol. The first-order valence-corrected chi connectivity index (χ1v) is 4.25. The number of amides is 2. The molecule has 0 atom stereocenters. The standard InChI is InChI=1S/C6H11ClN4O/c7-4-10-6(12)11-5-8-2-1-3-9-5/h1-4H2,(H3,8,9,10,11,12). The molecule has 1 aliphatic heterocycles. The van der Waals surface area contributed by atoms with Gasteiger partial charge in [-0.15, -0.1) is 11.6 Å². The molecule has 0 aromatic heterocycles. The molecule has 0 radical (unpaired) electrons. The second kappa shape index (κ2) is 4.82. The molecule has 1 aliphatic rings. The Morgan fingerprint density at radius 3 is 3.17 bits per heavy atom. The smallest absolute Gasteiger partial charge is 0.322 e. The predicted octanol–water partition coefficient (Wildman–Crippen LogP) is -0.169. The Kier molecular flexibility index (Phi) is 3.66. The van der Waals surface area contributed by atoms with Crippen LogP contribution in [-0.4, -0.2) is 31.1 Å². The molecule has 1 heterocycles. The van der Waals surface area contributed by atoms with E-state index in [9.17, 15) is 4.79 Å². The van der Waals surface area contributed by atoms with Gasteiger partial charge in [-0.1, -0.05) is 0 Å². The van der Waals surface area contributed by atoms with Crippen molar-refractivity contribution < 1.29 is 4.79 Å². The Balaban J connectivity index is 2.29. The average Bonchev–Trinajstić information content (AvgIpc) is 2.06. The summed E-state index contributed by atoms with van der Waals surface area (Å²) in [6, 6.07) is -0.239. The monoisotopic (exact) mass is 190 g/mol. The molecule has 0 aromatic carbocycles. The molecule has 0 aliphatic carbocycles. The molecule has 2 amide bonds. The highest BCUT2D eigenvalue weighted by Crippen LogP contribution is 1.86. The minimum Gasteiger partial charge on any atom is -0.356 e. The number of alkyl halides is 1. The molecule has 1 rings (SSSR count). The fraction of sp³-hybridized carbons (Fsp3) is 0.667. The number of rotatable bonds is 1. The van der Waals surface area contributed by atoms with Crippen LogP contribution in [0.5, 0.6) is 0 Å². The molecule has 3 N–H and O–H groups in total. The first-order valence-electron chi connectivity index (χ1n) is 3.72. The molecule has 5 nitrogen and oxygen atoms in total. The van der Waals surface area contributed by atoms with Crippen molar-refractivity contribution in [2.75, 3.05) is 19.1 Å². The van der Waals surface area contributed by atoms with Gasteiger partial charge in [0, 0.05) is 13.1 Å². The van der Waals surface area contributed by atoms with Crippen LogP contribution in [0, 0.1) is 0 Å². The largest absolute Gasteiger partial charge is 0.356 e. The quantitative estimate of drug-likeness (QED) is 0.397. The molecule has 12 heavy (non-hydrogen) atoms. The van der Waals surface area contributed by atoms with Crippen LogP contribution < -0.4 is 16.0 Å². The lowest BCUT2D eigenvalue weighted by Gasteiger charge is -2.14. The number of carbonyl (C=O) groups excluding carboxylic acids is 1. The van der Waals surface area contributed by atoms with E-state index in [0.717, 1.165) is 19.5 Å². The SMILES string of the molecule is O=C(NCCl)NC1=NCCCN1. The molecule has 0 spiro atoms. The first kappa shape index (κ1) is 9.12. The topological polar surface area (TPSA) is 65.5 Å². The highest BCUT2D eigenvalue weighted by Gasteiger charge is 2.06. The Hall–Kier alpha value is -0.970. The van der Waals surface area contributed by atoms with Gasteiger partial charge in [0.1, 0.15) is 0 Å². The summed E-state index contributed by atoms with van der Waals surface area (Å²) in [4.78, 5) is 14.9.